The van der Waals surface area contributed by atoms with Gasteiger partial charge in [0.1, 0.15) is 0 Å². The van der Waals surface area contributed by atoms with Gasteiger partial charge in [-0.2, -0.15) is 0 Å². The average Bonchev–Trinajstić information content (AvgIpc) is 3.26. The lowest BCUT2D eigenvalue weighted by Crippen LogP contribution is -2.38. The molecule has 0 amide bonds. The second-order valence-corrected chi connectivity index (χ2v) is 18.6. The summed E-state index contributed by atoms with van der Waals surface area (Å²) in [4.78, 5) is 0. The Labute approximate surface area is 233 Å². The molecule has 0 atom stereocenters. The van der Waals surface area contributed by atoms with Gasteiger partial charge in [0, 0.05) is 22.2 Å². The third kappa shape index (κ3) is 3.44. The fraction of sp³-hybridized carbons (Fsp3) is 0.243. The number of anilines is 2. The first kappa shape index (κ1) is 24.4. The van der Waals surface area contributed by atoms with Gasteiger partial charge in [-0.3, -0.25) is 0 Å². The van der Waals surface area contributed by atoms with Crippen LogP contribution in [0.5, 0.6) is 0 Å². The fourth-order valence-corrected chi connectivity index (χ4v) is 8.76. The fourth-order valence-electron chi connectivity index (χ4n) is 7.21. The standard InChI is InChI=1S/C37H37NSi/c1-36(2)29-19-16-23-12-8-9-13-25(23)35(29)28-22-31-27(21-32(28)36)26-18-17-24(20-30(26)37(31,3)4)38-33-14-10-11-15-34(33)39(5,6)7/h8-22,38H,1-7H3. The van der Waals surface area contributed by atoms with E-state index in [1.165, 1.54) is 71.8 Å². The zero-order valence-electron chi connectivity index (χ0n) is 24.2. The van der Waals surface area contributed by atoms with Crippen LogP contribution in [0, 0.1) is 0 Å². The number of para-hydroxylation sites is 1. The highest BCUT2D eigenvalue weighted by Crippen LogP contribution is 2.57. The summed E-state index contributed by atoms with van der Waals surface area (Å²) in [7, 11) is -1.47. The third-order valence-electron chi connectivity index (χ3n) is 9.37. The SMILES string of the molecule is CC1(C)c2cc(Nc3ccccc3[Si](C)(C)C)ccc2-c2cc3c(cc21)-c1c(ccc2ccccc12)C3(C)C. The van der Waals surface area contributed by atoms with E-state index >= 15 is 0 Å². The lowest BCUT2D eigenvalue weighted by Gasteiger charge is -2.25. The van der Waals surface area contributed by atoms with Crippen molar-refractivity contribution in [1.29, 1.82) is 0 Å². The molecule has 0 aliphatic heterocycles. The highest BCUT2D eigenvalue weighted by atomic mass is 28.3. The van der Waals surface area contributed by atoms with Crippen molar-refractivity contribution in [3.63, 3.8) is 0 Å². The maximum absolute atomic E-state index is 3.80. The Morgan fingerprint density at radius 2 is 1.21 bits per heavy atom. The predicted molar refractivity (Wildman–Crippen MR) is 172 cm³/mol. The van der Waals surface area contributed by atoms with Crippen molar-refractivity contribution in [3.8, 4) is 22.3 Å². The molecule has 2 aliphatic rings. The quantitative estimate of drug-likeness (QED) is 0.232. The molecule has 39 heavy (non-hydrogen) atoms. The molecule has 2 aliphatic carbocycles. The van der Waals surface area contributed by atoms with E-state index in [2.05, 4.69) is 144 Å². The topological polar surface area (TPSA) is 12.0 Å². The van der Waals surface area contributed by atoms with E-state index in [9.17, 15) is 0 Å². The van der Waals surface area contributed by atoms with Gasteiger partial charge < -0.3 is 5.32 Å². The van der Waals surface area contributed by atoms with E-state index < -0.39 is 8.07 Å². The average molecular weight is 524 g/mol. The van der Waals surface area contributed by atoms with Gasteiger partial charge in [-0.25, -0.2) is 0 Å². The van der Waals surface area contributed by atoms with Crippen molar-refractivity contribution in [2.75, 3.05) is 5.32 Å². The molecule has 0 bridgehead atoms. The Morgan fingerprint density at radius 1 is 0.564 bits per heavy atom. The minimum absolute atomic E-state index is 0.0291. The molecule has 1 nitrogen and oxygen atoms in total. The number of hydrogen-bond acceptors (Lipinski definition) is 1. The molecule has 0 radical (unpaired) electrons. The summed E-state index contributed by atoms with van der Waals surface area (Å²) >= 11 is 0. The van der Waals surface area contributed by atoms with Gasteiger partial charge >= 0.3 is 0 Å². The second kappa shape index (κ2) is 7.96. The molecule has 0 spiro atoms. The van der Waals surface area contributed by atoms with Crippen molar-refractivity contribution in [2.24, 2.45) is 0 Å². The molecule has 7 rings (SSSR count). The molecule has 0 aromatic heterocycles. The van der Waals surface area contributed by atoms with E-state index in [-0.39, 0.29) is 10.8 Å². The molecule has 0 heterocycles. The molecule has 0 unspecified atom stereocenters. The van der Waals surface area contributed by atoms with Gasteiger partial charge in [-0.1, -0.05) is 108 Å². The molecule has 0 fully saturated rings. The van der Waals surface area contributed by atoms with Gasteiger partial charge in [-0.05, 0) is 90.8 Å². The predicted octanol–water partition coefficient (Wildman–Crippen LogP) is 9.74. The van der Waals surface area contributed by atoms with Gasteiger partial charge in [0.15, 0.2) is 0 Å². The van der Waals surface area contributed by atoms with Crippen LogP contribution < -0.4 is 10.5 Å². The smallest absolute Gasteiger partial charge is 0.0803 e. The number of benzene rings is 5. The third-order valence-corrected chi connectivity index (χ3v) is 11.4. The Balaban J connectivity index is 1.37. The van der Waals surface area contributed by atoms with Gasteiger partial charge in [0.05, 0.1) is 8.07 Å². The minimum atomic E-state index is -1.47. The van der Waals surface area contributed by atoms with Crippen molar-refractivity contribution < 1.29 is 0 Å². The van der Waals surface area contributed by atoms with E-state index in [4.69, 9.17) is 0 Å². The Morgan fingerprint density at radius 3 is 2.00 bits per heavy atom. The zero-order chi connectivity index (χ0) is 27.3. The minimum Gasteiger partial charge on any atom is -0.356 e. The van der Waals surface area contributed by atoms with E-state index in [1.54, 1.807) is 0 Å². The van der Waals surface area contributed by atoms with Crippen molar-refractivity contribution in [2.45, 2.75) is 58.2 Å². The maximum atomic E-state index is 3.80. The zero-order valence-corrected chi connectivity index (χ0v) is 25.2. The normalized spacial score (nSPS) is 16.0. The van der Waals surface area contributed by atoms with Gasteiger partial charge in [-0.15, -0.1) is 0 Å². The molecular formula is C37H37NSi. The van der Waals surface area contributed by atoms with Crippen LogP contribution in [0.25, 0.3) is 33.0 Å². The Bertz CT molecular complexity index is 1820. The molecule has 194 valence electrons. The Kier molecular flexibility index (Phi) is 4.98. The van der Waals surface area contributed by atoms with Crippen LogP contribution in [0.1, 0.15) is 49.9 Å². The second-order valence-electron chi connectivity index (χ2n) is 13.6. The maximum Gasteiger partial charge on any atom is 0.0803 e. The lowest BCUT2D eigenvalue weighted by atomic mass is 9.79. The number of nitrogens with one attached hydrogen (secondary N) is 1. The summed E-state index contributed by atoms with van der Waals surface area (Å²) < 4.78 is 0. The van der Waals surface area contributed by atoms with Crippen LogP contribution >= 0.6 is 0 Å². The summed E-state index contributed by atoms with van der Waals surface area (Å²) in [5.41, 5.74) is 13.7. The van der Waals surface area contributed by atoms with E-state index in [1.807, 2.05) is 0 Å². The van der Waals surface area contributed by atoms with Crippen molar-refractivity contribution in [1.82, 2.24) is 0 Å². The molecule has 5 aromatic carbocycles. The van der Waals surface area contributed by atoms with Crippen LogP contribution in [-0.2, 0) is 10.8 Å². The number of rotatable bonds is 3. The van der Waals surface area contributed by atoms with Gasteiger partial charge in [0.25, 0.3) is 0 Å². The number of fused-ring (bicyclic) bond motifs is 8. The molecule has 0 saturated heterocycles. The summed E-state index contributed by atoms with van der Waals surface area (Å²) in [6.45, 7) is 16.8. The number of hydrogen-bond donors (Lipinski definition) is 1. The molecule has 0 saturated carbocycles. The largest absolute Gasteiger partial charge is 0.356 e. The molecule has 2 heteroatoms. The van der Waals surface area contributed by atoms with Crippen molar-refractivity contribution >= 4 is 35.4 Å². The first-order valence-corrected chi connectivity index (χ1v) is 17.7. The lowest BCUT2D eigenvalue weighted by molar-refractivity contribution is 0.652. The van der Waals surface area contributed by atoms with Crippen LogP contribution in [0.2, 0.25) is 19.6 Å². The summed E-state index contributed by atoms with van der Waals surface area (Å²) in [6.07, 6.45) is 0. The van der Waals surface area contributed by atoms with Crippen LogP contribution in [0.15, 0.2) is 91.0 Å². The van der Waals surface area contributed by atoms with E-state index in [0.717, 1.165) is 0 Å². The van der Waals surface area contributed by atoms with Crippen LogP contribution in [0.4, 0.5) is 11.4 Å². The Hall–Kier alpha value is -3.62. The van der Waals surface area contributed by atoms with E-state index in [0.29, 0.717) is 0 Å². The van der Waals surface area contributed by atoms with Gasteiger partial charge in [0.2, 0.25) is 0 Å². The van der Waals surface area contributed by atoms with Crippen molar-refractivity contribution in [3.05, 3.63) is 113 Å². The summed E-state index contributed by atoms with van der Waals surface area (Å²) in [6, 6.07) is 34.4. The monoisotopic (exact) mass is 523 g/mol. The molecular weight excluding hydrogens is 487 g/mol. The highest BCUT2D eigenvalue weighted by molar-refractivity contribution is 6.89. The summed E-state index contributed by atoms with van der Waals surface area (Å²) in [5.74, 6) is 0. The first-order chi connectivity index (χ1) is 18.5. The van der Waals surface area contributed by atoms with Crippen LogP contribution in [0.3, 0.4) is 0 Å². The highest BCUT2D eigenvalue weighted by Gasteiger charge is 2.42. The first-order valence-electron chi connectivity index (χ1n) is 14.2. The molecule has 1 N–H and O–H groups in total. The summed E-state index contributed by atoms with van der Waals surface area (Å²) in [5, 5.41) is 7.95. The van der Waals surface area contributed by atoms with Crippen LogP contribution in [-0.4, -0.2) is 8.07 Å². The molecule has 5 aromatic rings.